The molecule has 6 unspecified atom stereocenters. The van der Waals surface area contributed by atoms with Crippen molar-refractivity contribution in [2.45, 2.75) is 160 Å². The summed E-state index contributed by atoms with van der Waals surface area (Å²) < 4.78 is 58.6. The van der Waals surface area contributed by atoms with Crippen LogP contribution in [0.5, 0.6) is 0 Å². The lowest BCUT2D eigenvalue weighted by Gasteiger charge is -2.41. The van der Waals surface area contributed by atoms with Crippen molar-refractivity contribution in [3.8, 4) is 0 Å². The summed E-state index contributed by atoms with van der Waals surface area (Å²) in [5.74, 6) is -0.481. The van der Waals surface area contributed by atoms with Gasteiger partial charge in [-0.1, -0.05) is 127 Å². The first-order valence-corrected chi connectivity index (χ1v) is 20.3. The van der Waals surface area contributed by atoms with Crippen LogP contribution in [0.25, 0.3) is 0 Å². The first kappa shape index (κ1) is 47.1. The number of aliphatic hydroxyl groups is 3. The Balaban J connectivity index is 2.58. The van der Waals surface area contributed by atoms with Crippen molar-refractivity contribution in [1.29, 1.82) is 0 Å². The Morgan fingerprint density at radius 3 is 1.86 bits per heavy atom. The van der Waals surface area contributed by atoms with Crippen molar-refractivity contribution in [2.24, 2.45) is 0 Å². The molecule has 0 aromatic heterocycles. The van der Waals surface area contributed by atoms with E-state index in [2.05, 4.69) is 54.5 Å². The van der Waals surface area contributed by atoms with Gasteiger partial charge < -0.3 is 34.3 Å². The van der Waals surface area contributed by atoms with E-state index in [4.69, 9.17) is 23.5 Å². The topological polar surface area (TPSA) is 178 Å². The quantitative estimate of drug-likeness (QED) is 0.0264. The Morgan fingerprint density at radius 2 is 1.31 bits per heavy atom. The fourth-order valence-electron chi connectivity index (χ4n) is 5.39. The van der Waals surface area contributed by atoms with Crippen LogP contribution < -0.4 is 0 Å². The summed E-state index contributed by atoms with van der Waals surface area (Å²) in [5.41, 5.74) is 0. The number of carbonyl (C=O) groups excluding carboxylic acids is 1. The van der Waals surface area contributed by atoms with Crippen LogP contribution in [0.3, 0.4) is 0 Å². The summed E-state index contributed by atoms with van der Waals surface area (Å²) in [5, 5.41) is 30.5. The van der Waals surface area contributed by atoms with Gasteiger partial charge in [0.15, 0.2) is 6.29 Å². The SMILES string of the molecule is CC/C=C\C/C=C\C/C=C\C/C=C\CCC(=O)OC(COCCCCCCCCCCCCC)COC1OC(CO)C(O)C(OS(=O)(=O)O)C1O. The summed E-state index contributed by atoms with van der Waals surface area (Å²) in [6.45, 7) is 3.74. The fraction of sp³-hybridized carbons (Fsp3) is 0.763. The van der Waals surface area contributed by atoms with Gasteiger partial charge in [0.25, 0.3) is 0 Å². The lowest BCUT2D eigenvalue weighted by Crippen LogP contribution is -2.60. The molecule has 12 nitrogen and oxygen atoms in total. The third-order valence-corrected chi connectivity index (χ3v) is 8.69. The zero-order valence-corrected chi connectivity index (χ0v) is 31.7. The number of carbonyl (C=O) groups is 1. The number of hydrogen-bond acceptors (Lipinski definition) is 11. The van der Waals surface area contributed by atoms with E-state index in [-0.39, 0.29) is 19.6 Å². The van der Waals surface area contributed by atoms with Gasteiger partial charge in [-0.15, -0.1) is 0 Å². The molecule has 0 spiro atoms. The van der Waals surface area contributed by atoms with E-state index < -0.39 is 59.8 Å². The first-order chi connectivity index (χ1) is 24.6. The van der Waals surface area contributed by atoms with Crippen molar-refractivity contribution >= 4 is 16.4 Å². The smallest absolute Gasteiger partial charge is 0.397 e. The molecule has 0 aromatic carbocycles. The third kappa shape index (κ3) is 24.8. The van der Waals surface area contributed by atoms with Crippen LogP contribution in [-0.2, 0) is 38.3 Å². The Kier molecular flexibility index (Phi) is 28.2. The molecule has 1 aliphatic heterocycles. The van der Waals surface area contributed by atoms with E-state index in [1.807, 2.05) is 12.2 Å². The molecular weight excluding hydrogens is 680 g/mol. The Morgan fingerprint density at radius 1 is 0.765 bits per heavy atom. The van der Waals surface area contributed by atoms with Crippen LogP contribution in [0.15, 0.2) is 48.6 Å². The molecule has 4 N–H and O–H groups in total. The van der Waals surface area contributed by atoms with Crippen LogP contribution in [0.4, 0.5) is 0 Å². The highest BCUT2D eigenvalue weighted by atomic mass is 32.3. The number of ether oxygens (including phenoxy) is 4. The molecule has 0 bridgehead atoms. The Labute approximate surface area is 306 Å². The van der Waals surface area contributed by atoms with Gasteiger partial charge in [0.1, 0.15) is 30.5 Å². The Bertz CT molecular complexity index is 1090. The molecule has 0 saturated carbocycles. The minimum absolute atomic E-state index is 0.00723. The molecule has 1 heterocycles. The van der Waals surface area contributed by atoms with E-state index in [1.165, 1.54) is 51.4 Å². The number of aliphatic hydroxyl groups excluding tert-OH is 3. The normalized spacial score (nSPS) is 22.2. The molecule has 1 saturated heterocycles. The minimum atomic E-state index is -5.06. The molecule has 0 aliphatic carbocycles. The van der Waals surface area contributed by atoms with Crippen LogP contribution in [-0.4, -0.2) is 97.5 Å². The lowest BCUT2D eigenvalue weighted by molar-refractivity contribution is -0.301. The van der Waals surface area contributed by atoms with Crippen LogP contribution in [0.2, 0.25) is 0 Å². The third-order valence-electron chi connectivity index (χ3n) is 8.23. The number of hydrogen-bond donors (Lipinski definition) is 4. The van der Waals surface area contributed by atoms with Gasteiger partial charge >= 0.3 is 16.4 Å². The van der Waals surface area contributed by atoms with Gasteiger partial charge in [0.2, 0.25) is 0 Å². The maximum Gasteiger partial charge on any atom is 0.397 e. The monoisotopic (exact) mass is 746 g/mol. The maximum atomic E-state index is 12.7. The molecule has 1 aliphatic rings. The minimum Gasteiger partial charge on any atom is -0.457 e. The molecule has 296 valence electrons. The summed E-state index contributed by atoms with van der Waals surface area (Å²) in [4.78, 5) is 12.7. The van der Waals surface area contributed by atoms with Crippen molar-refractivity contribution < 1.29 is 56.2 Å². The molecule has 0 aromatic rings. The number of rotatable bonds is 31. The van der Waals surface area contributed by atoms with Crippen molar-refractivity contribution in [1.82, 2.24) is 0 Å². The maximum absolute atomic E-state index is 12.7. The molecule has 13 heteroatoms. The van der Waals surface area contributed by atoms with Gasteiger partial charge in [-0.2, -0.15) is 8.42 Å². The second-order valence-electron chi connectivity index (χ2n) is 12.8. The fourth-order valence-corrected chi connectivity index (χ4v) is 5.90. The molecule has 0 radical (unpaired) electrons. The van der Waals surface area contributed by atoms with E-state index in [0.29, 0.717) is 13.0 Å². The first-order valence-electron chi connectivity index (χ1n) is 18.9. The second-order valence-corrected chi connectivity index (χ2v) is 13.8. The number of esters is 1. The lowest BCUT2D eigenvalue weighted by atomic mass is 9.99. The zero-order valence-electron chi connectivity index (χ0n) is 30.9. The van der Waals surface area contributed by atoms with Gasteiger partial charge in [-0.25, -0.2) is 4.18 Å². The van der Waals surface area contributed by atoms with Crippen molar-refractivity contribution in [3.05, 3.63) is 48.6 Å². The highest BCUT2D eigenvalue weighted by Gasteiger charge is 2.48. The van der Waals surface area contributed by atoms with Gasteiger partial charge in [0.05, 0.1) is 19.8 Å². The van der Waals surface area contributed by atoms with Crippen molar-refractivity contribution in [3.63, 3.8) is 0 Å². The van der Waals surface area contributed by atoms with Gasteiger partial charge in [0, 0.05) is 13.0 Å². The van der Waals surface area contributed by atoms with Gasteiger partial charge in [-0.3, -0.25) is 9.35 Å². The summed E-state index contributed by atoms with van der Waals surface area (Å²) in [6, 6.07) is 0. The highest BCUT2D eigenvalue weighted by Crippen LogP contribution is 2.26. The van der Waals surface area contributed by atoms with Crippen LogP contribution >= 0.6 is 0 Å². The van der Waals surface area contributed by atoms with E-state index in [0.717, 1.165) is 44.9 Å². The summed E-state index contributed by atoms with van der Waals surface area (Å²) >= 11 is 0. The summed E-state index contributed by atoms with van der Waals surface area (Å²) in [6.07, 6.45) is 24.6. The Hall–Kier alpha value is -1.94. The second kappa shape index (κ2) is 30.5. The molecular formula is C38H66O12S. The average Bonchev–Trinajstić information content (AvgIpc) is 3.09. The molecule has 1 fully saturated rings. The standard InChI is InChI=1S/C38H66O12S/c1-3-5-7-9-11-13-15-16-17-19-21-23-25-27-34(40)48-32(30-46-28-26-24-22-20-18-14-12-10-8-6-4-2)31-47-38-36(42)37(50-51(43,44)45)35(41)33(29-39)49-38/h5,7,11,13,16-17,21,23,32-33,35-39,41-42H,3-4,6,8-10,12,14-15,18-20,22,24-31H2,1-2H3,(H,43,44,45)/b7-5-,13-11-,17-16-,23-21-. The largest absolute Gasteiger partial charge is 0.457 e. The highest BCUT2D eigenvalue weighted by molar-refractivity contribution is 7.80. The van der Waals surface area contributed by atoms with E-state index in [1.54, 1.807) is 0 Å². The van der Waals surface area contributed by atoms with E-state index in [9.17, 15) is 28.5 Å². The van der Waals surface area contributed by atoms with Crippen molar-refractivity contribution in [2.75, 3.05) is 26.4 Å². The van der Waals surface area contributed by atoms with Crippen LogP contribution in [0.1, 0.15) is 123 Å². The van der Waals surface area contributed by atoms with Crippen LogP contribution in [0, 0.1) is 0 Å². The average molecular weight is 747 g/mol. The molecule has 6 atom stereocenters. The predicted molar refractivity (Wildman–Crippen MR) is 197 cm³/mol. The predicted octanol–water partition coefficient (Wildman–Crippen LogP) is 6.45. The number of unbranched alkanes of at least 4 members (excludes halogenated alkanes) is 10. The summed E-state index contributed by atoms with van der Waals surface area (Å²) in [7, 11) is -5.06. The molecule has 1 rings (SSSR count). The number of allylic oxidation sites excluding steroid dienone is 8. The van der Waals surface area contributed by atoms with Gasteiger partial charge in [-0.05, 0) is 38.5 Å². The molecule has 0 amide bonds. The zero-order chi connectivity index (χ0) is 37.6. The molecule has 51 heavy (non-hydrogen) atoms. The van der Waals surface area contributed by atoms with E-state index >= 15 is 0 Å².